The quantitative estimate of drug-likeness (QED) is 0.0433. The van der Waals surface area contributed by atoms with Crippen LogP contribution in [0.4, 0.5) is 0 Å². The molecule has 3 N–H and O–H groups in total. The van der Waals surface area contributed by atoms with Gasteiger partial charge in [-0.05, 0) is 12.8 Å². The molecule has 0 aromatic carbocycles. The second kappa shape index (κ2) is 37.1. The first-order chi connectivity index (χ1) is 23.8. The molecule has 0 heterocycles. The Labute approximate surface area is 306 Å². The van der Waals surface area contributed by atoms with Gasteiger partial charge in [0.25, 0.3) is 10.1 Å². The molecule has 0 aromatic rings. The zero-order valence-corrected chi connectivity index (χ0v) is 33.7. The zero-order chi connectivity index (χ0) is 36.1. The fourth-order valence-corrected chi connectivity index (χ4v) is 7.80. The Morgan fingerprint density at radius 1 is 0.469 bits per heavy atom. The lowest BCUT2D eigenvalue weighted by atomic mass is 10.0. The van der Waals surface area contributed by atoms with E-state index in [2.05, 4.69) is 19.2 Å². The monoisotopic (exact) mass is 716 g/mol. The van der Waals surface area contributed by atoms with Crippen LogP contribution in [0.25, 0.3) is 0 Å². The van der Waals surface area contributed by atoms with Crippen LogP contribution in [-0.4, -0.2) is 41.9 Å². The van der Waals surface area contributed by atoms with Crippen LogP contribution < -0.4 is 5.32 Å². The van der Waals surface area contributed by atoms with Crippen molar-refractivity contribution in [1.29, 1.82) is 0 Å². The summed E-state index contributed by atoms with van der Waals surface area (Å²) >= 11 is 0. The third-order valence-corrected chi connectivity index (χ3v) is 11.1. The molecule has 0 saturated carbocycles. The van der Waals surface area contributed by atoms with Gasteiger partial charge in [0.1, 0.15) is 0 Å². The van der Waals surface area contributed by atoms with Gasteiger partial charge in [0.2, 0.25) is 5.91 Å². The predicted molar refractivity (Wildman–Crippen MR) is 212 cm³/mol. The van der Waals surface area contributed by atoms with Gasteiger partial charge in [-0.25, -0.2) is 0 Å². The van der Waals surface area contributed by atoms with Crippen molar-refractivity contribution < 1.29 is 22.9 Å². The van der Waals surface area contributed by atoms with E-state index >= 15 is 0 Å². The molecule has 0 aliphatic rings. The lowest BCUT2D eigenvalue weighted by Gasteiger charge is -2.23. The van der Waals surface area contributed by atoms with E-state index in [9.17, 15) is 22.9 Å². The van der Waals surface area contributed by atoms with Gasteiger partial charge in [0.05, 0.1) is 17.9 Å². The van der Waals surface area contributed by atoms with Gasteiger partial charge in [-0.3, -0.25) is 9.35 Å². The second-order valence-corrected chi connectivity index (χ2v) is 16.8. The van der Waals surface area contributed by atoms with Crippen molar-refractivity contribution >= 4 is 16.0 Å². The minimum Gasteiger partial charge on any atom is -0.391 e. The fraction of sp³-hybridized carbons (Fsp3) is 0.976. The first kappa shape index (κ1) is 48.3. The summed E-state index contributed by atoms with van der Waals surface area (Å²) in [5.74, 6) is -0.882. The summed E-state index contributed by atoms with van der Waals surface area (Å²) in [6.07, 6.45) is 43.4. The number of carbonyl (C=O) groups is 1. The number of amides is 1. The van der Waals surface area contributed by atoms with Gasteiger partial charge in [0.15, 0.2) is 0 Å². The average molecular weight is 716 g/mol. The molecule has 6 nitrogen and oxygen atoms in total. The van der Waals surface area contributed by atoms with E-state index in [0.717, 1.165) is 38.5 Å². The number of unbranched alkanes of at least 4 members (excludes halogenated alkanes) is 32. The summed E-state index contributed by atoms with van der Waals surface area (Å²) in [6, 6.07) is -0.963. The second-order valence-electron chi connectivity index (χ2n) is 15.3. The van der Waals surface area contributed by atoms with Crippen LogP contribution in [0.15, 0.2) is 0 Å². The molecule has 0 saturated heterocycles. The van der Waals surface area contributed by atoms with E-state index < -0.39 is 28.0 Å². The van der Waals surface area contributed by atoms with Crippen molar-refractivity contribution in [2.75, 3.05) is 5.75 Å². The van der Waals surface area contributed by atoms with Crippen LogP contribution in [-0.2, 0) is 14.9 Å². The van der Waals surface area contributed by atoms with Gasteiger partial charge in [-0.15, -0.1) is 0 Å². The van der Waals surface area contributed by atoms with Gasteiger partial charge in [-0.2, -0.15) is 8.42 Å². The summed E-state index contributed by atoms with van der Waals surface area (Å²) in [7, 11) is -4.30. The molecule has 0 aliphatic heterocycles. The summed E-state index contributed by atoms with van der Waals surface area (Å²) in [5.41, 5.74) is 0. The van der Waals surface area contributed by atoms with Crippen LogP contribution in [0, 0.1) is 0 Å². The molecule has 0 rings (SSSR count). The minimum absolute atomic E-state index is 0.241. The Morgan fingerprint density at radius 3 is 1.02 bits per heavy atom. The molecule has 2 atom stereocenters. The van der Waals surface area contributed by atoms with Gasteiger partial charge >= 0.3 is 0 Å². The number of hydrogen-bond donors (Lipinski definition) is 3. The van der Waals surface area contributed by atoms with Crippen molar-refractivity contribution in [3.05, 3.63) is 0 Å². The number of rotatable bonds is 40. The molecule has 294 valence electrons. The molecular weight excluding hydrogens is 631 g/mol. The van der Waals surface area contributed by atoms with Crippen molar-refractivity contribution in [2.24, 2.45) is 0 Å². The van der Waals surface area contributed by atoms with Crippen LogP contribution in [0.3, 0.4) is 0 Å². The van der Waals surface area contributed by atoms with Crippen molar-refractivity contribution in [3.63, 3.8) is 0 Å². The largest absolute Gasteiger partial charge is 0.391 e. The summed E-state index contributed by atoms with van der Waals surface area (Å²) in [6.45, 7) is 4.53. The molecule has 0 aliphatic carbocycles. The van der Waals surface area contributed by atoms with Crippen LogP contribution in [0.1, 0.15) is 245 Å². The van der Waals surface area contributed by atoms with Gasteiger partial charge in [-0.1, -0.05) is 226 Å². The highest BCUT2D eigenvalue weighted by Gasteiger charge is 2.26. The van der Waals surface area contributed by atoms with Crippen molar-refractivity contribution in [1.82, 2.24) is 5.32 Å². The molecular formula is C42H85NO5S. The van der Waals surface area contributed by atoms with Gasteiger partial charge < -0.3 is 10.4 Å². The predicted octanol–water partition coefficient (Wildman–Crippen LogP) is 12.8. The van der Waals surface area contributed by atoms with Gasteiger partial charge in [0, 0.05) is 6.42 Å². The topological polar surface area (TPSA) is 104 Å². The highest BCUT2D eigenvalue weighted by Crippen LogP contribution is 2.17. The minimum atomic E-state index is -4.30. The maximum atomic E-state index is 12.5. The Morgan fingerprint density at radius 2 is 0.735 bits per heavy atom. The Kier molecular flexibility index (Phi) is 36.6. The summed E-state index contributed by atoms with van der Waals surface area (Å²) in [4.78, 5) is 12.5. The third kappa shape index (κ3) is 38.4. The standard InChI is InChI=1S/C42H85NO5S/c1-3-5-7-9-11-13-15-17-18-19-20-21-22-23-24-26-27-29-31-33-35-37-41(44)40(39-49(46,47)48)43-42(45)38-36-34-32-30-28-25-16-14-12-10-8-6-4-2/h40-41,44H,3-39H2,1-2H3,(H,43,45)(H,46,47,48). The highest BCUT2D eigenvalue weighted by molar-refractivity contribution is 7.85. The number of nitrogens with one attached hydrogen (secondary N) is 1. The number of hydrogen-bond acceptors (Lipinski definition) is 4. The molecule has 7 heteroatoms. The maximum Gasteiger partial charge on any atom is 0.266 e. The highest BCUT2D eigenvalue weighted by atomic mass is 32.2. The molecule has 0 fully saturated rings. The average Bonchev–Trinajstić information content (AvgIpc) is 3.06. The van der Waals surface area contributed by atoms with E-state index in [4.69, 9.17) is 0 Å². The maximum absolute atomic E-state index is 12.5. The summed E-state index contributed by atoms with van der Waals surface area (Å²) in [5, 5.41) is 13.4. The van der Waals surface area contributed by atoms with Crippen LogP contribution >= 0.6 is 0 Å². The Hall–Kier alpha value is -0.660. The van der Waals surface area contributed by atoms with Crippen LogP contribution in [0.2, 0.25) is 0 Å². The van der Waals surface area contributed by atoms with E-state index in [0.29, 0.717) is 12.8 Å². The number of aliphatic hydroxyl groups is 1. The van der Waals surface area contributed by atoms with Crippen molar-refractivity contribution in [3.8, 4) is 0 Å². The third-order valence-electron chi connectivity index (χ3n) is 10.3. The first-order valence-corrected chi connectivity index (χ1v) is 23.3. The molecule has 1 amide bonds. The molecule has 0 bridgehead atoms. The molecule has 0 spiro atoms. The number of aliphatic hydroxyl groups excluding tert-OH is 1. The SMILES string of the molecule is CCCCCCCCCCCCCCCCCCCCCCCC(O)C(CS(=O)(=O)O)NC(=O)CCCCCCCCCCCCCCC. The number of carbonyl (C=O) groups excluding carboxylic acids is 1. The smallest absolute Gasteiger partial charge is 0.266 e. The molecule has 0 aromatic heterocycles. The molecule has 0 radical (unpaired) electrons. The first-order valence-electron chi connectivity index (χ1n) is 21.7. The Balaban J connectivity index is 3.76. The molecule has 2 unspecified atom stereocenters. The zero-order valence-electron chi connectivity index (χ0n) is 32.8. The lowest BCUT2D eigenvalue weighted by molar-refractivity contribution is -0.122. The normalized spacial score (nSPS) is 13.1. The fourth-order valence-electron chi connectivity index (χ4n) is 7.04. The van der Waals surface area contributed by atoms with E-state index in [-0.39, 0.29) is 5.91 Å². The summed E-state index contributed by atoms with van der Waals surface area (Å²) < 4.78 is 32.5. The van der Waals surface area contributed by atoms with Crippen LogP contribution in [0.5, 0.6) is 0 Å². The van der Waals surface area contributed by atoms with Crippen molar-refractivity contribution in [2.45, 2.75) is 257 Å². The van der Waals surface area contributed by atoms with E-state index in [1.165, 1.54) is 180 Å². The van der Waals surface area contributed by atoms with E-state index in [1.54, 1.807) is 0 Å². The molecule has 49 heavy (non-hydrogen) atoms. The van der Waals surface area contributed by atoms with E-state index in [1.807, 2.05) is 0 Å². The lowest BCUT2D eigenvalue weighted by Crippen LogP contribution is -2.47. The Bertz CT molecular complexity index is 790.